The zero-order valence-corrected chi connectivity index (χ0v) is 18.6. The van der Waals surface area contributed by atoms with Gasteiger partial charge >= 0.3 is 5.69 Å². The normalized spacial score (nSPS) is 25.7. The van der Waals surface area contributed by atoms with Crippen LogP contribution >= 0.6 is 0 Å². The van der Waals surface area contributed by atoms with E-state index in [9.17, 15) is 10.1 Å². The fraction of sp³-hybridized carbons (Fsp3) is 0.458. The highest BCUT2D eigenvalue weighted by molar-refractivity contribution is 5.95. The summed E-state index contributed by atoms with van der Waals surface area (Å²) < 4.78 is 11.6. The number of nitrogens with one attached hydrogen (secondary N) is 1. The fourth-order valence-corrected chi connectivity index (χ4v) is 5.24. The van der Waals surface area contributed by atoms with Gasteiger partial charge in [0.2, 0.25) is 5.75 Å². The average Bonchev–Trinajstić information content (AvgIpc) is 3.27. The van der Waals surface area contributed by atoms with Crippen LogP contribution in [0.15, 0.2) is 35.4 Å². The molecular weight excluding hydrogens is 408 g/mol. The summed E-state index contributed by atoms with van der Waals surface area (Å²) in [6, 6.07) is 9.58. The van der Waals surface area contributed by atoms with Gasteiger partial charge in [-0.15, -0.1) is 0 Å². The molecule has 2 aromatic carbocycles. The number of nitrogens with zero attached hydrogens (tertiary/aromatic N) is 3. The topological polar surface area (TPSA) is 89.2 Å². The van der Waals surface area contributed by atoms with E-state index in [-0.39, 0.29) is 30.1 Å². The summed E-state index contributed by atoms with van der Waals surface area (Å²) >= 11 is 0. The van der Waals surface area contributed by atoms with Crippen LogP contribution in [0, 0.1) is 29.9 Å². The third kappa shape index (κ3) is 3.48. The van der Waals surface area contributed by atoms with E-state index in [1.807, 2.05) is 38.1 Å². The number of nitro benzene ring substituents is 1. The van der Waals surface area contributed by atoms with Gasteiger partial charge in [0, 0.05) is 12.0 Å². The molecule has 0 amide bonds. The lowest BCUT2D eigenvalue weighted by molar-refractivity contribution is -0.386. The van der Waals surface area contributed by atoms with E-state index in [1.165, 1.54) is 12.8 Å². The number of hydrogen-bond donors (Lipinski definition) is 1. The molecule has 8 nitrogen and oxygen atoms in total. The first kappa shape index (κ1) is 20.8. The summed E-state index contributed by atoms with van der Waals surface area (Å²) in [6.45, 7) is 6.34. The second-order valence-corrected chi connectivity index (χ2v) is 8.95. The highest BCUT2D eigenvalue weighted by Gasteiger charge is 2.47. The van der Waals surface area contributed by atoms with Gasteiger partial charge in [-0.2, -0.15) is 5.10 Å². The predicted molar refractivity (Wildman–Crippen MR) is 121 cm³/mol. The molecule has 168 valence electrons. The number of piperidine rings is 3. The number of rotatable bonds is 6. The van der Waals surface area contributed by atoms with Crippen molar-refractivity contribution in [2.75, 3.05) is 20.2 Å². The van der Waals surface area contributed by atoms with Gasteiger partial charge in [0.1, 0.15) is 6.61 Å². The van der Waals surface area contributed by atoms with Crippen molar-refractivity contribution < 1.29 is 14.4 Å². The Labute approximate surface area is 187 Å². The molecule has 1 N–H and O–H groups in total. The molecule has 2 bridgehead atoms. The second kappa shape index (κ2) is 8.09. The maximum absolute atomic E-state index is 12.0. The zero-order chi connectivity index (χ0) is 22.4. The van der Waals surface area contributed by atoms with Crippen LogP contribution in [0.3, 0.4) is 0 Å². The van der Waals surface area contributed by atoms with Crippen LogP contribution in [0.2, 0.25) is 0 Å². The van der Waals surface area contributed by atoms with Crippen LogP contribution < -0.4 is 14.9 Å². The summed E-state index contributed by atoms with van der Waals surface area (Å²) in [5, 5.41) is 16.6. The molecule has 0 aliphatic carbocycles. The number of ether oxygens (including phenoxy) is 2. The molecular formula is C24H28N4O4. The Morgan fingerprint density at radius 3 is 2.72 bits per heavy atom. The van der Waals surface area contributed by atoms with Gasteiger partial charge in [-0.05, 0) is 62.5 Å². The van der Waals surface area contributed by atoms with Gasteiger partial charge < -0.3 is 14.9 Å². The van der Waals surface area contributed by atoms with Crippen molar-refractivity contribution in [1.82, 2.24) is 10.3 Å². The predicted octanol–water partition coefficient (Wildman–Crippen LogP) is 3.89. The van der Waals surface area contributed by atoms with E-state index in [0.29, 0.717) is 11.7 Å². The molecule has 3 saturated heterocycles. The Morgan fingerprint density at radius 1 is 1.22 bits per heavy atom. The number of nitro groups is 1. The lowest BCUT2D eigenvalue weighted by atomic mass is 9.78. The molecule has 4 aliphatic rings. The Bertz CT molecular complexity index is 1090. The SMILES string of the molecule is COc1cc(C2NN=C3C4CCN(CC4)C32)cc([N+](=O)[O-])c1OCc1cc(C)ccc1C. The minimum Gasteiger partial charge on any atom is -0.493 e. The van der Waals surface area contributed by atoms with Crippen LogP contribution in [0.1, 0.15) is 41.1 Å². The number of methoxy groups -OCH3 is 1. The minimum atomic E-state index is -0.394. The third-order valence-corrected chi connectivity index (χ3v) is 7.00. The molecule has 6 rings (SSSR count). The summed E-state index contributed by atoms with van der Waals surface area (Å²) in [7, 11) is 1.52. The summed E-state index contributed by atoms with van der Waals surface area (Å²) in [5.41, 5.74) is 8.33. The first-order valence-corrected chi connectivity index (χ1v) is 11.1. The smallest absolute Gasteiger partial charge is 0.315 e. The number of fused-ring (bicyclic) bond motifs is 2. The number of aryl methyl sites for hydroxylation is 2. The molecule has 0 spiro atoms. The first-order chi connectivity index (χ1) is 15.5. The largest absolute Gasteiger partial charge is 0.493 e. The van der Waals surface area contributed by atoms with Crippen LogP contribution in [0.25, 0.3) is 0 Å². The molecule has 2 unspecified atom stereocenters. The van der Waals surface area contributed by atoms with Gasteiger partial charge in [-0.25, -0.2) is 0 Å². The van der Waals surface area contributed by atoms with E-state index in [1.54, 1.807) is 6.07 Å². The molecule has 4 aliphatic heterocycles. The summed E-state index contributed by atoms with van der Waals surface area (Å²) in [5.74, 6) is 1.04. The van der Waals surface area contributed by atoms with Crippen molar-refractivity contribution in [3.63, 3.8) is 0 Å². The van der Waals surface area contributed by atoms with Crippen molar-refractivity contribution in [1.29, 1.82) is 0 Å². The van der Waals surface area contributed by atoms with Crippen molar-refractivity contribution in [3.05, 3.63) is 62.7 Å². The fourth-order valence-electron chi connectivity index (χ4n) is 5.24. The van der Waals surface area contributed by atoms with Gasteiger partial charge in [0.25, 0.3) is 0 Å². The maximum Gasteiger partial charge on any atom is 0.315 e. The number of benzene rings is 2. The summed E-state index contributed by atoms with van der Waals surface area (Å²) in [6.07, 6.45) is 2.27. The van der Waals surface area contributed by atoms with E-state index >= 15 is 0 Å². The lowest BCUT2D eigenvalue weighted by Crippen LogP contribution is -2.56. The lowest BCUT2D eigenvalue weighted by Gasteiger charge is -2.45. The van der Waals surface area contributed by atoms with Crippen LogP contribution in [0.5, 0.6) is 11.5 Å². The molecule has 4 heterocycles. The molecule has 0 saturated carbocycles. The highest BCUT2D eigenvalue weighted by atomic mass is 16.6. The third-order valence-electron chi connectivity index (χ3n) is 7.00. The van der Waals surface area contributed by atoms with E-state index in [0.717, 1.165) is 48.2 Å². The molecule has 2 aromatic rings. The van der Waals surface area contributed by atoms with Crippen molar-refractivity contribution in [2.24, 2.45) is 11.0 Å². The monoisotopic (exact) mass is 436 g/mol. The van der Waals surface area contributed by atoms with Gasteiger partial charge in [-0.1, -0.05) is 23.8 Å². The average molecular weight is 437 g/mol. The van der Waals surface area contributed by atoms with Gasteiger partial charge in [0.15, 0.2) is 5.75 Å². The van der Waals surface area contributed by atoms with Gasteiger partial charge in [-0.3, -0.25) is 15.0 Å². The molecule has 8 heteroatoms. The Hall–Kier alpha value is -3.13. The molecule has 0 aromatic heterocycles. The zero-order valence-electron chi connectivity index (χ0n) is 18.6. The van der Waals surface area contributed by atoms with Crippen LogP contribution in [-0.4, -0.2) is 41.8 Å². The molecule has 32 heavy (non-hydrogen) atoms. The van der Waals surface area contributed by atoms with Crippen LogP contribution in [-0.2, 0) is 6.61 Å². The Kier molecular flexibility index (Phi) is 5.25. The standard InChI is InChI=1S/C24H28N4O4/c1-14-4-5-15(2)18(10-14)13-32-24-19(28(29)30)11-17(12-20(24)31-3)22-23-21(25-26-22)16-6-8-27(23)9-7-16/h4-5,10-12,16,22-23,26H,6-9,13H2,1-3H3. The minimum absolute atomic E-state index is 0.0872. The molecule has 3 fully saturated rings. The van der Waals surface area contributed by atoms with Gasteiger partial charge in [0.05, 0.1) is 29.8 Å². The maximum atomic E-state index is 12.0. The Balaban J connectivity index is 1.47. The highest BCUT2D eigenvalue weighted by Crippen LogP contribution is 2.44. The molecule has 0 radical (unpaired) electrons. The van der Waals surface area contributed by atoms with Crippen molar-refractivity contribution in [2.45, 2.75) is 45.4 Å². The van der Waals surface area contributed by atoms with Crippen molar-refractivity contribution in [3.8, 4) is 11.5 Å². The number of hydrogen-bond acceptors (Lipinski definition) is 7. The van der Waals surface area contributed by atoms with E-state index in [2.05, 4.69) is 15.4 Å². The quantitative estimate of drug-likeness (QED) is 0.546. The van der Waals surface area contributed by atoms with Crippen molar-refractivity contribution >= 4 is 11.4 Å². The van der Waals surface area contributed by atoms with Crippen LogP contribution in [0.4, 0.5) is 5.69 Å². The van der Waals surface area contributed by atoms with E-state index < -0.39 is 4.92 Å². The van der Waals surface area contributed by atoms with E-state index in [4.69, 9.17) is 9.47 Å². The molecule has 2 atom stereocenters. The second-order valence-electron chi connectivity index (χ2n) is 8.95. The summed E-state index contributed by atoms with van der Waals surface area (Å²) in [4.78, 5) is 14.1. The Morgan fingerprint density at radius 2 is 2.00 bits per heavy atom. The number of hydrazone groups is 1. The first-order valence-electron chi connectivity index (χ1n) is 11.1.